The van der Waals surface area contributed by atoms with E-state index >= 15 is 0 Å². The summed E-state index contributed by atoms with van der Waals surface area (Å²) >= 11 is 0. The molecule has 3 aromatic heterocycles. The number of carbonyl (C=O) groups is 1. The zero-order chi connectivity index (χ0) is 27.7. The number of nitrogens with two attached hydrogens (primary N) is 1. The Morgan fingerprint density at radius 1 is 1.29 bits per heavy atom. The van der Waals surface area contributed by atoms with E-state index in [0.29, 0.717) is 60.1 Å². The second kappa shape index (κ2) is 10.5. The summed E-state index contributed by atoms with van der Waals surface area (Å²) in [6.45, 7) is 12.3. The van der Waals surface area contributed by atoms with E-state index in [1.54, 1.807) is 24.9 Å². The summed E-state index contributed by atoms with van der Waals surface area (Å²) in [5, 5.41) is 17.7. The lowest BCUT2D eigenvalue weighted by molar-refractivity contribution is 0.0211. The Hall–Kier alpha value is -3.85. The molecule has 204 valence electrons. The Morgan fingerprint density at radius 3 is 2.68 bits per heavy atom. The lowest BCUT2D eigenvalue weighted by Gasteiger charge is -2.28. The average Bonchev–Trinajstić information content (AvgIpc) is 3.54. The van der Waals surface area contributed by atoms with Crippen molar-refractivity contribution >= 4 is 22.9 Å². The maximum Gasteiger partial charge on any atom is 0.410 e. The molecule has 3 N–H and O–H groups in total. The third-order valence-corrected chi connectivity index (χ3v) is 5.98. The van der Waals surface area contributed by atoms with Crippen LogP contribution < -0.4 is 10.5 Å². The number of hydrogen-bond donors (Lipinski definition) is 2. The van der Waals surface area contributed by atoms with Crippen LogP contribution in [-0.2, 0) is 11.3 Å². The first kappa shape index (κ1) is 27.2. The van der Waals surface area contributed by atoms with E-state index in [1.165, 1.54) is 0 Å². The van der Waals surface area contributed by atoms with Crippen molar-refractivity contribution in [3.05, 3.63) is 11.9 Å². The standard InChI is InChI=1S/C26H35N7O5/c1-7-32-21-18(36-14-11-16-9-8-13-33(16)24(34)37-25(2,3)4)15-28-17(10-12-26(5,6)35)19(21)29-23(32)20-22(27)31-38-30-20/h15-16,35H,7-9,11,13-14H2,1-6H3,(H2,27,31)/t16-/m0/s1. The van der Waals surface area contributed by atoms with Gasteiger partial charge in [0.25, 0.3) is 0 Å². The highest BCUT2D eigenvalue weighted by Gasteiger charge is 2.32. The van der Waals surface area contributed by atoms with E-state index in [9.17, 15) is 9.90 Å². The number of ether oxygens (including phenoxy) is 2. The maximum atomic E-state index is 12.7. The van der Waals surface area contributed by atoms with Gasteiger partial charge < -0.3 is 29.8 Å². The summed E-state index contributed by atoms with van der Waals surface area (Å²) in [6, 6.07) is 0.0258. The van der Waals surface area contributed by atoms with Crippen molar-refractivity contribution < 1.29 is 24.0 Å². The van der Waals surface area contributed by atoms with Gasteiger partial charge in [-0.15, -0.1) is 0 Å². The van der Waals surface area contributed by atoms with Crippen molar-refractivity contribution in [1.82, 2.24) is 29.7 Å². The largest absolute Gasteiger partial charge is 0.490 e. The Balaban J connectivity index is 1.64. The molecule has 1 aliphatic rings. The Labute approximate surface area is 221 Å². The smallest absolute Gasteiger partial charge is 0.410 e. The van der Waals surface area contributed by atoms with E-state index in [4.69, 9.17) is 24.8 Å². The lowest BCUT2D eigenvalue weighted by atomic mass is 10.1. The highest BCUT2D eigenvalue weighted by molar-refractivity contribution is 5.89. The molecule has 12 heteroatoms. The first-order valence-corrected chi connectivity index (χ1v) is 12.7. The number of aliphatic hydroxyl groups is 1. The third kappa shape index (κ3) is 5.99. The van der Waals surface area contributed by atoms with Crippen LogP contribution in [0.1, 0.15) is 66.5 Å². The molecule has 4 rings (SSSR count). The predicted octanol–water partition coefficient (Wildman–Crippen LogP) is 3.37. The van der Waals surface area contributed by atoms with Gasteiger partial charge in [-0.1, -0.05) is 5.92 Å². The van der Waals surface area contributed by atoms with Crippen LogP contribution in [0.2, 0.25) is 0 Å². The zero-order valence-corrected chi connectivity index (χ0v) is 22.7. The molecule has 0 spiro atoms. The maximum absolute atomic E-state index is 12.7. The van der Waals surface area contributed by atoms with E-state index in [-0.39, 0.29) is 18.0 Å². The summed E-state index contributed by atoms with van der Waals surface area (Å²) in [5.41, 5.74) is 6.03. The predicted molar refractivity (Wildman–Crippen MR) is 140 cm³/mol. The number of nitrogen functional groups attached to an aromatic ring is 1. The SMILES string of the molecule is CCn1c(-c2nonc2N)nc2c(C#CC(C)(C)O)ncc(OCC[C@@H]3CCCN3C(=O)OC(C)(C)C)c21. The van der Waals surface area contributed by atoms with Gasteiger partial charge in [-0.2, -0.15) is 0 Å². The Morgan fingerprint density at radius 2 is 2.05 bits per heavy atom. The number of hydrogen-bond acceptors (Lipinski definition) is 10. The highest BCUT2D eigenvalue weighted by Crippen LogP contribution is 2.33. The molecular weight excluding hydrogens is 490 g/mol. The molecule has 1 amide bonds. The first-order chi connectivity index (χ1) is 17.9. The monoisotopic (exact) mass is 525 g/mol. The Kier molecular flexibility index (Phi) is 7.51. The van der Waals surface area contributed by atoms with Gasteiger partial charge in [0.2, 0.25) is 0 Å². The molecule has 1 atom stereocenters. The van der Waals surface area contributed by atoms with Gasteiger partial charge in [-0.25, -0.2) is 19.4 Å². The number of aromatic nitrogens is 5. The normalized spacial score (nSPS) is 16.0. The molecule has 1 fully saturated rings. The number of aryl methyl sites for hydroxylation is 1. The molecule has 0 unspecified atom stereocenters. The van der Waals surface area contributed by atoms with E-state index in [0.717, 1.165) is 12.8 Å². The Bertz CT molecular complexity index is 1370. The fourth-order valence-corrected chi connectivity index (χ4v) is 4.36. The lowest BCUT2D eigenvalue weighted by Crippen LogP contribution is -2.40. The van der Waals surface area contributed by atoms with Crippen molar-refractivity contribution in [2.24, 2.45) is 0 Å². The first-order valence-electron chi connectivity index (χ1n) is 12.7. The molecule has 0 bridgehead atoms. The minimum atomic E-state index is -1.21. The van der Waals surface area contributed by atoms with Crippen LogP contribution in [0.25, 0.3) is 22.6 Å². The van der Waals surface area contributed by atoms with Gasteiger partial charge in [0.1, 0.15) is 27.9 Å². The molecule has 0 aromatic carbocycles. The molecule has 0 saturated carbocycles. The number of likely N-dealkylation sites (tertiary alicyclic amines) is 1. The van der Waals surface area contributed by atoms with Crippen molar-refractivity contribution in [3.63, 3.8) is 0 Å². The van der Waals surface area contributed by atoms with Gasteiger partial charge in [0.15, 0.2) is 23.1 Å². The molecule has 3 aromatic rings. The average molecular weight is 526 g/mol. The topological polar surface area (TPSA) is 155 Å². The van der Waals surface area contributed by atoms with Crippen LogP contribution >= 0.6 is 0 Å². The van der Waals surface area contributed by atoms with Crippen molar-refractivity contribution in [1.29, 1.82) is 0 Å². The van der Waals surface area contributed by atoms with Crippen LogP contribution in [0.15, 0.2) is 10.8 Å². The quantitative estimate of drug-likeness (QED) is 0.458. The third-order valence-electron chi connectivity index (χ3n) is 5.98. The van der Waals surface area contributed by atoms with Crippen LogP contribution in [-0.4, -0.2) is 71.3 Å². The van der Waals surface area contributed by atoms with Gasteiger partial charge in [-0.3, -0.25) is 0 Å². The minimum absolute atomic E-state index is 0.0258. The minimum Gasteiger partial charge on any atom is -0.490 e. The molecule has 12 nitrogen and oxygen atoms in total. The highest BCUT2D eigenvalue weighted by atomic mass is 16.6. The molecule has 0 radical (unpaired) electrons. The van der Waals surface area contributed by atoms with Crippen molar-refractivity contribution in [2.75, 3.05) is 18.9 Å². The van der Waals surface area contributed by atoms with Crippen molar-refractivity contribution in [2.45, 2.75) is 84.6 Å². The van der Waals surface area contributed by atoms with E-state index < -0.39 is 11.2 Å². The number of amides is 1. The van der Waals surface area contributed by atoms with Crippen molar-refractivity contribution in [3.8, 4) is 29.1 Å². The van der Waals surface area contributed by atoms with Gasteiger partial charge in [0.05, 0.1) is 12.8 Å². The molecule has 38 heavy (non-hydrogen) atoms. The fourth-order valence-electron chi connectivity index (χ4n) is 4.36. The van der Waals surface area contributed by atoms with Crippen LogP contribution in [0, 0.1) is 11.8 Å². The number of anilines is 1. The summed E-state index contributed by atoms with van der Waals surface area (Å²) in [5.74, 6) is 6.77. The van der Waals surface area contributed by atoms with E-state index in [2.05, 4.69) is 27.1 Å². The second-order valence-electron chi connectivity index (χ2n) is 10.8. The molecular formula is C26H35N7O5. The number of fused-ring (bicyclic) bond motifs is 1. The zero-order valence-electron chi connectivity index (χ0n) is 22.7. The summed E-state index contributed by atoms with van der Waals surface area (Å²) < 4.78 is 18.5. The van der Waals surface area contributed by atoms with Gasteiger partial charge in [-0.05, 0) is 70.6 Å². The van der Waals surface area contributed by atoms with Gasteiger partial charge >= 0.3 is 6.09 Å². The van der Waals surface area contributed by atoms with E-state index in [1.807, 2.05) is 32.3 Å². The van der Waals surface area contributed by atoms with Crippen LogP contribution in [0.5, 0.6) is 5.75 Å². The number of imidazole rings is 1. The molecule has 1 saturated heterocycles. The van der Waals surface area contributed by atoms with Gasteiger partial charge in [0, 0.05) is 25.6 Å². The number of pyridine rings is 1. The summed E-state index contributed by atoms with van der Waals surface area (Å²) in [4.78, 5) is 23.6. The summed E-state index contributed by atoms with van der Waals surface area (Å²) in [7, 11) is 0. The second-order valence-corrected chi connectivity index (χ2v) is 10.8. The van der Waals surface area contributed by atoms with Crippen LogP contribution in [0.3, 0.4) is 0 Å². The fraction of sp³-hybridized carbons (Fsp3) is 0.577. The summed E-state index contributed by atoms with van der Waals surface area (Å²) in [6.07, 6.45) is 3.74. The molecule has 1 aliphatic heterocycles. The number of nitrogens with zero attached hydrogens (tertiary/aromatic N) is 6. The number of carbonyl (C=O) groups excluding carboxylic acids is 1. The molecule has 0 aliphatic carbocycles. The number of rotatable bonds is 6. The molecule has 4 heterocycles. The van der Waals surface area contributed by atoms with Crippen LogP contribution in [0.4, 0.5) is 10.6 Å².